The number of hydrogen-bond donors (Lipinski definition) is 1. The van der Waals surface area contributed by atoms with E-state index in [1.54, 1.807) is 19.5 Å². The fourth-order valence-corrected chi connectivity index (χ4v) is 2.38. The number of hydrogen-bond acceptors (Lipinski definition) is 4. The summed E-state index contributed by atoms with van der Waals surface area (Å²) in [4.78, 5) is 8.38. The summed E-state index contributed by atoms with van der Waals surface area (Å²) < 4.78 is 5.25. The lowest BCUT2D eigenvalue weighted by Crippen LogP contribution is -2.20. The van der Waals surface area contributed by atoms with Crippen molar-refractivity contribution in [2.45, 2.75) is 18.9 Å². The van der Waals surface area contributed by atoms with Crippen molar-refractivity contribution >= 4 is 5.95 Å². The van der Waals surface area contributed by atoms with E-state index in [4.69, 9.17) is 4.74 Å². The summed E-state index contributed by atoms with van der Waals surface area (Å²) >= 11 is 0. The molecule has 0 aliphatic heterocycles. The van der Waals surface area contributed by atoms with Crippen LogP contribution in [0.3, 0.4) is 0 Å². The molecule has 0 saturated heterocycles. The molecule has 4 heteroatoms. The molecule has 2 aromatic rings. The van der Waals surface area contributed by atoms with Gasteiger partial charge in [-0.2, -0.15) is 0 Å². The summed E-state index contributed by atoms with van der Waals surface area (Å²) in [5.41, 5.74) is 2.73. The van der Waals surface area contributed by atoms with Crippen LogP contribution in [-0.4, -0.2) is 23.1 Å². The zero-order valence-corrected chi connectivity index (χ0v) is 10.3. The lowest BCUT2D eigenvalue weighted by atomic mass is 10.1. The van der Waals surface area contributed by atoms with Gasteiger partial charge in [-0.3, -0.25) is 0 Å². The molecule has 1 heterocycles. The summed E-state index contributed by atoms with van der Waals surface area (Å²) in [6.07, 6.45) is 5.50. The summed E-state index contributed by atoms with van der Waals surface area (Å²) in [7, 11) is 1.70. The Balaban J connectivity index is 1.73. The number of aromatic nitrogens is 2. The van der Waals surface area contributed by atoms with E-state index in [0.717, 1.165) is 18.6 Å². The summed E-state index contributed by atoms with van der Waals surface area (Å²) in [6.45, 7) is 0. The first-order valence-electron chi connectivity index (χ1n) is 6.04. The normalized spacial score (nSPS) is 17.3. The van der Waals surface area contributed by atoms with Gasteiger partial charge in [-0.15, -0.1) is 0 Å². The zero-order valence-electron chi connectivity index (χ0n) is 10.3. The molecule has 4 nitrogen and oxygen atoms in total. The largest absolute Gasteiger partial charge is 0.497 e. The van der Waals surface area contributed by atoms with Crippen molar-refractivity contribution in [3.05, 3.63) is 47.8 Å². The fraction of sp³-hybridized carbons (Fsp3) is 0.286. The van der Waals surface area contributed by atoms with E-state index < -0.39 is 0 Å². The standard InChI is InChI=1S/C14H15N3O/c1-18-13-4-3-10-7-12(8-11(10)9-13)17-14-15-5-2-6-16-14/h2-6,9,12H,7-8H2,1H3,(H,15,16,17). The van der Waals surface area contributed by atoms with Gasteiger partial charge in [0.05, 0.1) is 7.11 Å². The maximum atomic E-state index is 5.25. The molecule has 0 spiro atoms. The Kier molecular flexibility index (Phi) is 2.84. The monoisotopic (exact) mass is 241 g/mol. The minimum Gasteiger partial charge on any atom is -0.497 e. The maximum Gasteiger partial charge on any atom is 0.222 e. The van der Waals surface area contributed by atoms with Gasteiger partial charge in [0.2, 0.25) is 5.95 Å². The van der Waals surface area contributed by atoms with E-state index in [1.165, 1.54) is 11.1 Å². The predicted molar refractivity (Wildman–Crippen MR) is 69.8 cm³/mol. The molecular formula is C14H15N3O. The van der Waals surface area contributed by atoms with E-state index in [0.29, 0.717) is 12.0 Å². The molecule has 0 fully saturated rings. The van der Waals surface area contributed by atoms with Gasteiger partial charge in [-0.25, -0.2) is 9.97 Å². The first-order valence-corrected chi connectivity index (χ1v) is 6.04. The van der Waals surface area contributed by atoms with Gasteiger partial charge in [0.15, 0.2) is 0 Å². The molecule has 0 saturated carbocycles. The molecule has 1 atom stereocenters. The molecule has 1 N–H and O–H groups in total. The minimum atomic E-state index is 0.370. The Hall–Kier alpha value is -2.10. The lowest BCUT2D eigenvalue weighted by Gasteiger charge is -2.10. The highest BCUT2D eigenvalue weighted by atomic mass is 16.5. The molecule has 3 rings (SSSR count). The second-order valence-corrected chi connectivity index (χ2v) is 4.46. The van der Waals surface area contributed by atoms with Crippen LogP contribution in [0.4, 0.5) is 5.95 Å². The molecule has 18 heavy (non-hydrogen) atoms. The van der Waals surface area contributed by atoms with Crippen molar-refractivity contribution in [1.82, 2.24) is 9.97 Å². The van der Waals surface area contributed by atoms with Crippen LogP contribution in [0, 0.1) is 0 Å². The number of nitrogens with one attached hydrogen (secondary N) is 1. The van der Waals surface area contributed by atoms with Crippen LogP contribution in [0.15, 0.2) is 36.7 Å². The average Bonchev–Trinajstić information content (AvgIpc) is 2.80. The Bertz CT molecular complexity index is 542. The van der Waals surface area contributed by atoms with Crippen LogP contribution in [0.25, 0.3) is 0 Å². The molecule has 1 aliphatic rings. The van der Waals surface area contributed by atoms with Crippen molar-refractivity contribution in [2.75, 3.05) is 12.4 Å². The molecular weight excluding hydrogens is 226 g/mol. The van der Waals surface area contributed by atoms with Crippen LogP contribution in [0.2, 0.25) is 0 Å². The van der Waals surface area contributed by atoms with Crippen molar-refractivity contribution < 1.29 is 4.74 Å². The number of fused-ring (bicyclic) bond motifs is 1. The molecule has 1 unspecified atom stereocenters. The zero-order chi connectivity index (χ0) is 12.4. The van der Waals surface area contributed by atoms with Crippen LogP contribution in [0.5, 0.6) is 5.75 Å². The Morgan fingerprint density at radius 3 is 2.72 bits per heavy atom. The number of methoxy groups -OCH3 is 1. The molecule has 1 aromatic heterocycles. The molecule has 1 aromatic carbocycles. The Morgan fingerprint density at radius 1 is 1.17 bits per heavy atom. The van der Waals surface area contributed by atoms with Crippen molar-refractivity contribution in [1.29, 1.82) is 0 Å². The second kappa shape index (κ2) is 4.64. The van der Waals surface area contributed by atoms with Gasteiger partial charge in [0.25, 0.3) is 0 Å². The molecule has 0 bridgehead atoms. The third kappa shape index (κ3) is 2.14. The predicted octanol–water partition coefficient (Wildman–Crippen LogP) is 2.06. The minimum absolute atomic E-state index is 0.370. The number of ether oxygens (including phenoxy) is 1. The smallest absolute Gasteiger partial charge is 0.222 e. The first kappa shape index (κ1) is 11.0. The number of nitrogens with zero attached hydrogens (tertiary/aromatic N) is 2. The van der Waals surface area contributed by atoms with Crippen LogP contribution in [0.1, 0.15) is 11.1 Å². The SMILES string of the molecule is COc1ccc2c(c1)CC(Nc1ncccn1)C2. The third-order valence-corrected chi connectivity index (χ3v) is 3.25. The molecule has 1 aliphatic carbocycles. The van der Waals surface area contributed by atoms with Crippen molar-refractivity contribution in [3.8, 4) is 5.75 Å². The van der Waals surface area contributed by atoms with Crippen LogP contribution in [-0.2, 0) is 12.8 Å². The van der Waals surface area contributed by atoms with E-state index in [1.807, 2.05) is 12.1 Å². The molecule has 92 valence electrons. The van der Waals surface area contributed by atoms with Gasteiger partial charge in [0.1, 0.15) is 5.75 Å². The summed E-state index contributed by atoms with van der Waals surface area (Å²) in [5, 5.41) is 3.36. The van der Waals surface area contributed by atoms with E-state index in [9.17, 15) is 0 Å². The van der Waals surface area contributed by atoms with Crippen molar-refractivity contribution in [2.24, 2.45) is 0 Å². The quantitative estimate of drug-likeness (QED) is 0.893. The van der Waals surface area contributed by atoms with Crippen LogP contribution < -0.4 is 10.1 Å². The highest BCUT2D eigenvalue weighted by Gasteiger charge is 2.22. The van der Waals surface area contributed by atoms with Crippen molar-refractivity contribution in [3.63, 3.8) is 0 Å². The number of rotatable bonds is 3. The first-order chi connectivity index (χ1) is 8.85. The molecule has 0 amide bonds. The second-order valence-electron chi connectivity index (χ2n) is 4.46. The fourth-order valence-electron chi connectivity index (χ4n) is 2.38. The molecule has 0 radical (unpaired) electrons. The highest BCUT2D eigenvalue weighted by molar-refractivity contribution is 5.42. The Morgan fingerprint density at radius 2 is 1.94 bits per heavy atom. The van der Waals surface area contributed by atoms with Crippen LogP contribution >= 0.6 is 0 Å². The number of benzene rings is 1. The topological polar surface area (TPSA) is 47.0 Å². The average molecular weight is 241 g/mol. The van der Waals surface area contributed by atoms with E-state index in [-0.39, 0.29) is 0 Å². The van der Waals surface area contributed by atoms with Gasteiger partial charge < -0.3 is 10.1 Å². The maximum absolute atomic E-state index is 5.25. The van der Waals surface area contributed by atoms with Gasteiger partial charge in [0, 0.05) is 18.4 Å². The van der Waals surface area contributed by atoms with Gasteiger partial charge >= 0.3 is 0 Å². The third-order valence-electron chi connectivity index (χ3n) is 3.25. The van der Waals surface area contributed by atoms with E-state index in [2.05, 4.69) is 27.4 Å². The summed E-state index contributed by atoms with van der Waals surface area (Å²) in [6, 6.07) is 8.46. The Labute approximate surface area is 106 Å². The highest BCUT2D eigenvalue weighted by Crippen LogP contribution is 2.27. The lowest BCUT2D eigenvalue weighted by molar-refractivity contribution is 0.414. The van der Waals surface area contributed by atoms with E-state index >= 15 is 0 Å². The summed E-state index contributed by atoms with van der Waals surface area (Å²) in [5.74, 6) is 1.62. The van der Waals surface area contributed by atoms with Gasteiger partial charge in [-0.05, 0) is 42.2 Å². The number of anilines is 1. The van der Waals surface area contributed by atoms with Gasteiger partial charge in [-0.1, -0.05) is 6.07 Å².